The monoisotopic (exact) mass is 282 g/mol. The van der Waals surface area contributed by atoms with Crippen LogP contribution in [0.3, 0.4) is 0 Å². The Balaban J connectivity index is 2.11. The summed E-state index contributed by atoms with van der Waals surface area (Å²) in [4.78, 5) is 10.4. The second kappa shape index (κ2) is 6.71. The number of hydrogen-bond acceptors (Lipinski definition) is 5. The molecule has 0 saturated heterocycles. The van der Waals surface area contributed by atoms with Gasteiger partial charge in [-0.05, 0) is 25.0 Å². The van der Waals surface area contributed by atoms with E-state index in [1.54, 1.807) is 13.3 Å². The summed E-state index contributed by atoms with van der Waals surface area (Å²) >= 11 is 0. The Morgan fingerprint density at radius 2 is 2.05 bits per heavy atom. The molecule has 1 heterocycles. The molecule has 1 atom stereocenters. The molecule has 0 radical (unpaired) electrons. The minimum atomic E-state index is 0.225. The summed E-state index contributed by atoms with van der Waals surface area (Å²) in [7, 11) is 3.65. The van der Waals surface area contributed by atoms with Crippen molar-refractivity contribution in [3.63, 3.8) is 0 Å². The van der Waals surface area contributed by atoms with Gasteiger partial charge in [-0.2, -0.15) is 5.26 Å². The Morgan fingerprint density at radius 3 is 2.67 bits per heavy atom. The number of anilines is 1. The van der Waals surface area contributed by atoms with Crippen molar-refractivity contribution in [2.24, 2.45) is 0 Å². The van der Waals surface area contributed by atoms with Gasteiger partial charge in [-0.15, -0.1) is 0 Å². The van der Waals surface area contributed by atoms with Gasteiger partial charge in [-0.3, -0.25) is 0 Å². The lowest BCUT2D eigenvalue weighted by molar-refractivity contribution is 0.408. The summed E-state index contributed by atoms with van der Waals surface area (Å²) in [5.74, 6) is 1.64. The van der Waals surface area contributed by atoms with Gasteiger partial charge in [0, 0.05) is 13.1 Å². The number of nitriles is 1. The molecule has 0 bridgehead atoms. The van der Waals surface area contributed by atoms with Gasteiger partial charge < -0.3 is 9.64 Å². The second-order valence-corrected chi connectivity index (χ2v) is 4.85. The van der Waals surface area contributed by atoms with E-state index in [2.05, 4.69) is 23.0 Å². The van der Waals surface area contributed by atoms with E-state index >= 15 is 0 Å². The van der Waals surface area contributed by atoms with E-state index in [-0.39, 0.29) is 6.04 Å². The summed E-state index contributed by atoms with van der Waals surface area (Å²) in [6.45, 7) is 2.12. The quantitative estimate of drug-likeness (QED) is 0.842. The van der Waals surface area contributed by atoms with Gasteiger partial charge in [0.05, 0.1) is 19.5 Å². The molecule has 21 heavy (non-hydrogen) atoms. The zero-order chi connectivity index (χ0) is 15.2. The van der Waals surface area contributed by atoms with Crippen molar-refractivity contribution in [3.05, 3.63) is 47.9 Å². The van der Waals surface area contributed by atoms with Crippen molar-refractivity contribution < 1.29 is 4.74 Å². The van der Waals surface area contributed by atoms with Crippen LogP contribution < -0.4 is 9.64 Å². The number of ether oxygens (including phenoxy) is 1. The molecule has 108 valence electrons. The molecule has 0 spiro atoms. The highest BCUT2D eigenvalue weighted by molar-refractivity contribution is 5.40. The predicted molar refractivity (Wildman–Crippen MR) is 81.3 cm³/mol. The lowest BCUT2D eigenvalue weighted by Crippen LogP contribution is -2.31. The minimum absolute atomic E-state index is 0.225. The Morgan fingerprint density at radius 1 is 1.29 bits per heavy atom. The first-order valence-corrected chi connectivity index (χ1v) is 6.72. The number of benzene rings is 1. The molecule has 1 aromatic carbocycles. The number of aromatic nitrogens is 2. The third-order valence-electron chi connectivity index (χ3n) is 3.48. The topological polar surface area (TPSA) is 62.0 Å². The molecule has 0 aliphatic heterocycles. The summed E-state index contributed by atoms with van der Waals surface area (Å²) in [5, 5.41) is 8.75. The van der Waals surface area contributed by atoms with Gasteiger partial charge >= 0.3 is 0 Å². The Labute approximate surface area is 124 Å². The van der Waals surface area contributed by atoms with E-state index in [4.69, 9.17) is 10.00 Å². The van der Waals surface area contributed by atoms with Crippen LogP contribution >= 0.6 is 0 Å². The van der Waals surface area contributed by atoms with Crippen molar-refractivity contribution in [3.8, 4) is 11.8 Å². The summed E-state index contributed by atoms with van der Waals surface area (Å²) in [6, 6.07) is 10.2. The lowest BCUT2D eigenvalue weighted by atomic mass is 10.1. The standard InChI is InChI=1S/C16H18N4O/c1-12(8-13-6-4-5-7-15(13)21-3)20(2)16-11-18-14(9-17)10-19-16/h4-7,10-12H,8H2,1-3H3. The van der Waals surface area contributed by atoms with Gasteiger partial charge in [0.15, 0.2) is 5.69 Å². The molecule has 5 heteroatoms. The molecule has 0 amide bonds. The van der Waals surface area contributed by atoms with Gasteiger partial charge in [0.25, 0.3) is 0 Å². The third kappa shape index (κ3) is 3.48. The van der Waals surface area contributed by atoms with Crippen molar-refractivity contribution >= 4 is 5.82 Å². The Hall–Kier alpha value is -2.61. The van der Waals surface area contributed by atoms with Gasteiger partial charge in [0.2, 0.25) is 0 Å². The number of methoxy groups -OCH3 is 1. The lowest BCUT2D eigenvalue weighted by Gasteiger charge is -2.26. The number of hydrogen-bond donors (Lipinski definition) is 0. The highest BCUT2D eigenvalue weighted by atomic mass is 16.5. The average Bonchev–Trinajstić information content (AvgIpc) is 2.54. The molecule has 5 nitrogen and oxygen atoms in total. The van der Waals surface area contributed by atoms with E-state index < -0.39 is 0 Å². The smallest absolute Gasteiger partial charge is 0.158 e. The third-order valence-corrected chi connectivity index (χ3v) is 3.48. The highest BCUT2D eigenvalue weighted by Gasteiger charge is 2.14. The zero-order valence-electron chi connectivity index (χ0n) is 12.4. The molecule has 0 fully saturated rings. The largest absolute Gasteiger partial charge is 0.496 e. The molecule has 2 rings (SSSR count). The van der Waals surface area contributed by atoms with Crippen molar-refractivity contribution in [2.75, 3.05) is 19.1 Å². The second-order valence-electron chi connectivity index (χ2n) is 4.85. The molecule has 2 aromatic rings. The maximum absolute atomic E-state index is 8.75. The van der Waals surface area contributed by atoms with Crippen LogP contribution in [0.5, 0.6) is 5.75 Å². The maximum Gasteiger partial charge on any atom is 0.158 e. The SMILES string of the molecule is COc1ccccc1CC(C)N(C)c1cnc(C#N)cn1. The summed E-state index contributed by atoms with van der Waals surface area (Å²) in [5.41, 5.74) is 1.48. The van der Waals surface area contributed by atoms with Gasteiger partial charge in [-0.25, -0.2) is 9.97 Å². The minimum Gasteiger partial charge on any atom is -0.496 e. The van der Waals surface area contributed by atoms with Crippen LogP contribution in [-0.4, -0.2) is 30.2 Å². The number of para-hydroxylation sites is 1. The van der Waals surface area contributed by atoms with Crippen LogP contribution in [0.4, 0.5) is 5.82 Å². The molecule has 0 N–H and O–H groups in total. The number of likely N-dealkylation sites (N-methyl/N-ethyl adjacent to an activating group) is 1. The Bertz CT molecular complexity index is 633. The fourth-order valence-electron chi connectivity index (χ4n) is 2.11. The molecule has 1 aromatic heterocycles. The molecule has 0 aliphatic carbocycles. The van der Waals surface area contributed by atoms with E-state index in [1.165, 1.54) is 6.20 Å². The first-order chi connectivity index (χ1) is 10.2. The van der Waals surface area contributed by atoms with Gasteiger partial charge in [0.1, 0.15) is 17.6 Å². The molecular formula is C16H18N4O. The van der Waals surface area contributed by atoms with E-state index in [0.717, 1.165) is 23.6 Å². The maximum atomic E-state index is 8.75. The van der Waals surface area contributed by atoms with E-state index in [9.17, 15) is 0 Å². The Kier molecular flexibility index (Phi) is 4.72. The predicted octanol–water partition coefficient (Wildman–Crippen LogP) is 2.42. The zero-order valence-corrected chi connectivity index (χ0v) is 12.4. The average molecular weight is 282 g/mol. The van der Waals surface area contributed by atoms with Crippen LogP contribution in [0.15, 0.2) is 36.7 Å². The van der Waals surface area contributed by atoms with E-state index in [1.807, 2.05) is 36.2 Å². The number of rotatable bonds is 5. The fourth-order valence-corrected chi connectivity index (χ4v) is 2.11. The van der Waals surface area contributed by atoms with Crippen LogP contribution in [0.2, 0.25) is 0 Å². The van der Waals surface area contributed by atoms with Crippen molar-refractivity contribution in [2.45, 2.75) is 19.4 Å². The van der Waals surface area contributed by atoms with Crippen LogP contribution in [0.25, 0.3) is 0 Å². The first-order valence-electron chi connectivity index (χ1n) is 6.72. The first kappa shape index (κ1) is 14.8. The van der Waals surface area contributed by atoms with Crippen LogP contribution in [0, 0.1) is 11.3 Å². The highest BCUT2D eigenvalue weighted by Crippen LogP contribution is 2.21. The van der Waals surface area contributed by atoms with Crippen LogP contribution in [0.1, 0.15) is 18.2 Å². The molecule has 1 unspecified atom stereocenters. The summed E-state index contributed by atoms with van der Waals surface area (Å²) in [6.07, 6.45) is 3.95. The van der Waals surface area contributed by atoms with Gasteiger partial charge in [-0.1, -0.05) is 18.2 Å². The van der Waals surface area contributed by atoms with E-state index in [0.29, 0.717) is 5.69 Å². The van der Waals surface area contributed by atoms with Crippen molar-refractivity contribution in [1.29, 1.82) is 5.26 Å². The number of nitrogens with zero attached hydrogens (tertiary/aromatic N) is 4. The fraction of sp³-hybridized carbons (Fsp3) is 0.312. The molecule has 0 saturated carbocycles. The molecular weight excluding hydrogens is 264 g/mol. The summed E-state index contributed by atoms with van der Waals surface area (Å²) < 4.78 is 5.38. The van der Waals surface area contributed by atoms with Crippen molar-refractivity contribution in [1.82, 2.24) is 9.97 Å². The normalized spacial score (nSPS) is 11.5. The van der Waals surface area contributed by atoms with Crippen LogP contribution in [-0.2, 0) is 6.42 Å². The molecule has 0 aliphatic rings.